The van der Waals surface area contributed by atoms with E-state index in [1.807, 2.05) is 4.90 Å². The van der Waals surface area contributed by atoms with Gasteiger partial charge in [-0.15, -0.1) is 11.3 Å². The number of carbonyl (C=O) groups excluding carboxylic acids is 2. The molecule has 6 nitrogen and oxygen atoms in total. The van der Waals surface area contributed by atoms with Gasteiger partial charge in [-0.25, -0.2) is 4.79 Å². The lowest BCUT2D eigenvalue weighted by Gasteiger charge is -2.34. The highest BCUT2D eigenvalue weighted by Crippen LogP contribution is 2.21. The molecule has 1 amide bonds. The Kier molecular flexibility index (Phi) is 5.24. The third kappa shape index (κ3) is 3.62. The Hall–Kier alpha value is -2.12. The van der Waals surface area contributed by atoms with Gasteiger partial charge >= 0.3 is 5.97 Å². The lowest BCUT2D eigenvalue weighted by Crippen LogP contribution is -2.48. The molecule has 134 valence electrons. The van der Waals surface area contributed by atoms with E-state index in [1.165, 1.54) is 12.0 Å². The summed E-state index contributed by atoms with van der Waals surface area (Å²) >= 11 is 1.76. The molecule has 2 aromatic rings. The smallest absolute Gasteiger partial charge is 0.339 e. The number of piperazine rings is 1. The highest BCUT2D eigenvalue weighted by Gasteiger charge is 2.27. The molecule has 0 aliphatic carbocycles. The molecule has 1 saturated heterocycles. The molecule has 1 N–H and O–H groups in total. The molecule has 0 bridgehead atoms. The SMILES string of the molecule is COC(=O)c1c(C)[nH]c(C(=O)N2CCN(Cc3cccs3)CC2)c1C. The number of aromatic amines is 1. The van der Waals surface area contributed by atoms with Gasteiger partial charge in [-0.05, 0) is 30.9 Å². The van der Waals surface area contributed by atoms with E-state index in [9.17, 15) is 9.59 Å². The fourth-order valence-electron chi connectivity index (χ4n) is 3.26. The van der Waals surface area contributed by atoms with Gasteiger partial charge in [0, 0.05) is 43.3 Å². The van der Waals surface area contributed by atoms with Crippen LogP contribution in [-0.2, 0) is 11.3 Å². The van der Waals surface area contributed by atoms with Crippen LogP contribution in [0.15, 0.2) is 17.5 Å². The molecule has 1 aliphatic rings. The number of thiophene rings is 1. The van der Waals surface area contributed by atoms with Crippen molar-refractivity contribution in [3.8, 4) is 0 Å². The topological polar surface area (TPSA) is 65.6 Å². The summed E-state index contributed by atoms with van der Waals surface area (Å²) in [5, 5.41) is 2.09. The van der Waals surface area contributed by atoms with Gasteiger partial charge in [-0.1, -0.05) is 6.07 Å². The molecule has 2 aromatic heterocycles. The average Bonchev–Trinajstić information content (AvgIpc) is 3.22. The Morgan fingerprint density at radius 1 is 1.24 bits per heavy atom. The summed E-state index contributed by atoms with van der Waals surface area (Å²) in [5.41, 5.74) is 2.28. The lowest BCUT2D eigenvalue weighted by atomic mass is 10.1. The average molecular weight is 361 g/mol. The Labute approximate surface area is 151 Å². The van der Waals surface area contributed by atoms with E-state index in [0.717, 1.165) is 19.6 Å². The minimum Gasteiger partial charge on any atom is -0.465 e. The molecule has 1 fully saturated rings. The van der Waals surface area contributed by atoms with Gasteiger partial charge in [0.05, 0.1) is 12.7 Å². The van der Waals surface area contributed by atoms with Crippen LogP contribution in [0.1, 0.15) is 37.0 Å². The number of nitrogens with one attached hydrogen (secondary N) is 1. The minimum atomic E-state index is -0.411. The Morgan fingerprint density at radius 2 is 1.96 bits per heavy atom. The highest BCUT2D eigenvalue weighted by molar-refractivity contribution is 7.09. The summed E-state index contributed by atoms with van der Waals surface area (Å²) in [7, 11) is 1.35. The number of hydrogen-bond donors (Lipinski definition) is 1. The van der Waals surface area contributed by atoms with Gasteiger partial charge in [0.25, 0.3) is 5.91 Å². The van der Waals surface area contributed by atoms with Crippen molar-refractivity contribution < 1.29 is 14.3 Å². The second kappa shape index (κ2) is 7.41. The van der Waals surface area contributed by atoms with Crippen molar-refractivity contribution in [2.24, 2.45) is 0 Å². The number of amides is 1. The standard InChI is InChI=1S/C18H23N3O3S/c1-12-15(18(23)24-3)13(2)19-16(12)17(22)21-8-6-20(7-9-21)11-14-5-4-10-25-14/h4-5,10,19H,6-9,11H2,1-3H3. The predicted octanol–water partition coefficient (Wildman–Crippen LogP) is 2.44. The molecule has 0 saturated carbocycles. The van der Waals surface area contributed by atoms with E-state index in [0.29, 0.717) is 35.6 Å². The minimum absolute atomic E-state index is 0.0495. The Morgan fingerprint density at radius 3 is 2.56 bits per heavy atom. The molecular weight excluding hydrogens is 338 g/mol. The van der Waals surface area contributed by atoms with Gasteiger partial charge < -0.3 is 14.6 Å². The second-order valence-corrected chi connectivity index (χ2v) is 7.30. The largest absolute Gasteiger partial charge is 0.465 e. The first-order valence-corrected chi connectivity index (χ1v) is 9.20. The number of aromatic nitrogens is 1. The van der Waals surface area contributed by atoms with E-state index >= 15 is 0 Å². The summed E-state index contributed by atoms with van der Waals surface area (Å²) in [4.78, 5) is 33.4. The summed E-state index contributed by atoms with van der Waals surface area (Å²) < 4.78 is 4.81. The number of H-pyrrole nitrogens is 1. The van der Waals surface area contributed by atoms with E-state index < -0.39 is 5.97 Å². The first-order chi connectivity index (χ1) is 12.0. The van der Waals surface area contributed by atoms with Crippen molar-refractivity contribution in [1.29, 1.82) is 0 Å². The van der Waals surface area contributed by atoms with Gasteiger partial charge in [-0.3, -0.25) is 9.69 Å². The molecule has 3 rings (SSSR count). The van der Waals surface area contributed by atoms with Crippen molar-refractivity contribution in [2.45, 2.75) is 20.4 Å². The van der Waals surface area contributed by atoms with Crippen molar-refractivity contribution in [2.75, 3.05) is 33.3 Å². The zero-order chi connectivity index (χ0) is 18.0. The van der Waals surface area contributed by atoms with E-state index in [2.05, 4.69) is 27.4 Å². The third-order valence-corrected chi connectivity index (χ3v) is 5.52. The van der Waals surface area contributed by atoms with Crippen LogP contribution in [0.25, 0.3) is 0 Å². The van der Waals surface area contributed by atoms with Crippen LogP contribution in [0.3, 0.4) is 0 Å². The third-order valence-electron chi connectivity index (χ3n) is 4.66. The number of aryl methyl sites for hydroxylation is 1. The summed E-state index contributed by atoms with van der Waals surface area (Å²) in [6.07, 6.45) is 0. The number of nitrogens with zero attached hydrogens (tertiary/aromatic N) is 2. The van der Waals surface area contributed by atoms with Crippen LogP contribution >= 0.6 is 11.3 Å². The van der Waals surface area contributed by atoms with Crippen LogP contribution in [-0.4, -0.2) is 59.9 Å². The molecule has 0 spiro atoms. The first kappa shape index (κ1) is 17.7. The van der Waals surface area contributed by atoms with Crippen LogP contribution in [0.5, 0.6) is 0 Å². The number of hydrogen-bond acceptors (Lipinski definition) is 5. The molecule has 7 heteroatoms. The fourth-order valence-corrected chi connectivity index (χ4v) is 4.01. The number of methoxy groups -OCH3 is 1. The lowest BCUT2D eigenvalue weighted by molar-refractivity contribution is 0.0599. The summed E-state index contributed by atoms with van der Waals surface area (Å²) in [5.74, 6) is -0.461. The maximum absolute atomic E-state index is 12.8. The van der Waals surface area contributed by atoms with Crippen molar-refractivity contribution in [1.82, 2.24) is 14.8 Å². The molecule has 0 radical (unpaired) electrons. The predicted molar refractivity (Wildman–Crippen MR) is 97.1 cm³/mol. The van der Waals surface area contributed by atoms with Crippen LogP contribution < -0.4 is 0 Å². The van der Waals surface area contributed by atoms with Gasteiger partial charge in [0.2, 0.25) is 0 Å². The molecule has 3 heterocycles. The normalized spacial score (nSPS) is 15.4. The van der Waals surface area contributed by atoms with E-state index in [4.69, 9.17) is 4.74 Å². The highest BCUT2D eigenvalue weighted by atomic mass is 32.1. The molecular formula is C18H23N3O3S. The van der Waals surface area contributed by atoms with Gasteiger partial charge in [0.15, 0.2) is 0 Å². The fraction of sp³-hybridized carbons (Fsp3) is 0.444. The van der Waals surface area contributed by atoms with E-state index in [-0.39, 0.29) is 5.91 Å². The van der Waals surface area contributed by atoms with Crippen molar-refractivity contribution in [3.05, 3.63) is 44.9 Å². The van der Waals surface area contributed by atoms with Crippen molar-refractivity contribution >= 4 is 23.2 Å². The monoisotopic (exact) mass is 361 g/mol. The summed E-state index contributed by atoms with van der Waals surface area (Å²) in [6.45, 7) is 7.60. The quantitative estimate of drug-likeness (QED) is 0.850. The zero-order valence-corrected chi connectivity index (χ0v) is 15.6. The molecule has 0 aromatic carbocycles. The Bertz CT molecular complexity index is 759. The van der Waals surface area contributed by atoms with Gasteiger partial charge in [-0.2, -0.15) is 0 Å². The number of carbonyl (C=O) groups is 2. The van der Waals surface area contributed by atoms with Gasteiger partial charge in [0.1, 0.15) is 5.69 Å². The van der Waals surface area contributed by atoms with Crippen LogP contribution in [0.2, 0.25) is 0 Å². The zero-order valence-electron chi connectivity index (χ0n) is 14.8. The first-order valence-electron chi connectivity index (χ1n) is 8.32. The molecule has 0 atom stereocenters. The summed E-state index contributed by atoms with van der Waals surface area (Å²) in [6, 6.07) is 4.20. The maximum Gasteiger partial charge on any atom is 0.339 e. The Balaban J connectivity index is 1.66. The van der Waals surface area contributed by atoms with Crippen molar-refractivity contribution in [3.63, 3.8) is 0 Å². The number of esters is 1. The molecule has 0 unspecified atom stereocenters. The number of ether oxygens (including phenoxy) is 1. The van der Waals surface area contributed by atoms with Crippen LogP contribution in [0, 0.1) is 13.8 Å². The maximum atomic E-state index is 12.8. The molecule has 1 aliphatic heterocycles. The van der Waals surface area contributed by atoms with E-state index in [1.54, 1.807) is 25.2 Å². The second-order valence-electron chi connectivity index (χ2n) is 6.26. The van der Waals surface area contributed by atoms with Crippen LogP contribution in [0.4, 0.5) is 0 Å². The number of rotatable bonds is 4. The molecule has 25 heavy (non-hydrogen) atoms.